The Hall–Kier alpha value is -1.77. The van der Waals surface area contributed by atoms with Crippen LogP contribution in [0.4, 0.5) is 0 Å². The Morgan fingerprint density at radius 1 is 1.00 bits per heavy atom. The highest BCUT2D eigenvalue weighted by Gasteiger charge is 2.05. The van der Waals surface area contributed by atoms with Crippen LogP contribution in [0, 0.1) is 5.92 Å². The summed E-state index contributed by atoms with van der Waals surface area (Å²) in [6, 6.07) is 18.6. The van der Waals surface area contributed by atoms with Gasteiger partial charge in [0.25, 0.3) is 0 Å². The molecule has 0 heterocycles. The van der Waals surface area contributed by atoms with Gasteiger partial charge in [0.2, 0.25) is 0 Å². The van der Waals surface area contributed by atoms with Gasteiger partial charge in [-0.1, -0.05) is 48.5 Å². The molecule has 1 atom stereocenters. The van der Waals surface area contributed by atoms with E-state index in [4.69, 9.17) is 10.5 Å². The minimum Gasteiger partial charge on any atom is -0.493 e. The summed E-state index contributed by atoms with van der Waals surface area (Å²) >= 11 is 0. The number of nitrogens with two attached hydrogens (primary N) is 1. The maximum Gasteiger partial charge on any atom is 0.119 e. The quantitative estimate of drug-likeness (QED) is 0.716. The molecule has 0 bridgehead atoms. The predicted molar refractivity (Wildman–Crippen MR) is 96.6 cm³/mol. The van der Waals surface area contributed by atoms with Crippen LogP contribution in [0.25, 0.3) is 11.1 Å². The molecule has 0 aliphatic carbocycles. The van der Waals surface area contributed by atoms with Gasteiger partial charge in [-0.05, 0) is 42.6 Å². The Bertz CT molecular complexity index is 539. The van der Waals surface area contributed by atoms with Crippen molar-refractivity contribution in [3.8, 4) is 16.9 Å². The van der Waals surface area contributed by atoms with E-state index < -0.39 is 0 Å². The zero-order valence-corrected chi connectivity index (χ0v) is 13.6. The van der Waals surface area contributed by atoms with Crippen LogP contribution in [0.5, 0.6) is 5.75 Å². The molecule has 2 aromatic carbocycles. The Kier molecular flexibility index (Phi) is 8.34. The fourth-order valence-electron chi connectivity index (χ4n) is 2.23. The molecular formula is C19H24ClNO. The van der Waals surface area contributed by atoms with E-state index in [-0.39, 0.29) is 12.4 Å². The summed E-state index contributed by atoms with van der Waals surface area (Å²) in [6.45, 7) is 5.24. The first-order chi connectivity index (χ1) is 10.3. The second-order valence-corrected chi connectivity index (χ2v) is 5.13. The second-order valence-electron chi connectivity index (χ2n) is 5.13. The molecule has 2 rings (SSSR count). The van der Waals surface area contributed by atoms with Crippen LogP contribution in [-0.2, 0) is 0 Å². The van der Waals surface area contributed by atoms with Crippen LogP contribution in [-0.4, -0.2) is 13.2 Å². The first-order valence-electron chi connectivity index (χ1n) is 7.44. The molecule has 3 heteroatoms. The number of rotatable bonds is 8. The molecule has 22 heavy (non-hydrogen) atoms. The zero-order valence-electron chi connectivity index (χ0n) is 12.8. The molecule has 0 aromatic heterocycles. The van der Waals surface area contributed by atoms with Crippen molar-refractivity contribution < 1.29 is 4.74 Å². The van der Waals surface area contributed by atoms with Crippen LogP contribution >= 0.6 is 12.4 Å². The van der Waals surface area contributed by atoms with Crippen molar-refractivity contribution in [2.75, 3.05) is 13.2 Å². The van der Waals surface area contributed by atoms with E-state index in [2.05, 4.69) is 30.8 Å². The van der Waals surface area contributed by atoms with Crippen LogP contribution in [0.15, 0.2) is 67.3 Å². The molecule has 2 N–H and O–H groups in total. The third-order valence-corrected chi connectivity index (χ3v) is 3.54. The zero-order chi connectivity index (χ0) is 14.9. The topological polar surface area (TPSA) is 35.2 Å². The number of benzene rings is 2. The van der Waals surface area contributed by atoms with Crippen molar-refractivity contribution in [2.45, 2.75) is 12.8 Å². The molecule has 0 fully saturated rings. The fraction of sp³-hybridized carbons (Fsp3) is 0.263. The minimum absolute atomic E-state index is 0. The maximum absolute atomic E-state index is 5.83. The molecule has 0 spiro atoms. The lowest BCUT2D eigenvalue weighted by atomic mass is 10.0. The molecule has 0 saturated carbocycles. The standard InChI is InChI=1S/C19H23NO.ClH/c1-2-16(7-6-14-20)15-21-19-12-10-18(11-13-19)17-8-4-3-5-9-17;/h2-5,8-13,16H,1,6-7,14-15,20H2;1H. The first-order valence-corrected chi connectivity index (χ1v) is 7.44. The van der Waals surface area contributed by atoms with Gasteiger partial charge in [0.1, 0.15) is 5.75 Å². The molecule has 118 valence electrons. The van der Waals surface area contributed by atoms with Gasteiger partial charge in [0, 0.05) is 5.92 Å². The van der Waals surface area contributed by atoms with Gasteiger partial charge in [-0.3, -0.25) is 0 Å². The molecule has 0 amide bonds. The van der Waals surface area contributed by atoms with Crippen molar-refractivity contribution in [2.24, 2.45) is 11.7 Å². The third-order valence-electron chi connectivity index (χ3n) is 3.54. The van der Waals surface area contributed by atoms with Gasteiger partial charge < -0.3 is 10.5 Å². The van der Waals surface area contributed by atoms with E-state index in [0.717, 1.165) is 25.1 Å². The Balaban J connectivity index is 0.00000242. The fourth-order valence-corrected chi connectivity index (χ4v) is 2.23. The summed E-state index contributed by atoms with van der Waals surface area (Å²) in [5.74, 6) is 1.26. The Morgan fingerprint density at radius 3 is 2.23 bits per heavy atom. The molecule has 0 aliphatic heterocycles. The van der Waals surface area contributed by atoms with Crippen molar-refractivity contribution in [1.29, 1.82) is 0 Å². The Labute approximate surface area is 139 Å². The SMILES string of the molecule is C=CC(CCCN)COc1ccc(-c2ccccc2)cc1.Cl. The molecule has 1 unspecified atom stereocenters. The van der Waals surface area contributed by atoms with Crippen molar-refractivity contribution in [3.05, 3.63) is 67.3 Å². The summed E-state index contributed by atoms with van der Waals surface area (Å²) < 4.78 is 5.83. The summed E-state index contributed by atoms with van der Waals surface area (Å²) in [6.07, 6.45) is 3.99. The average Bonchev–Trinajstić information content (AvgIpc) is 2.56. The van der Waals surface area contributed by atoms with Crippen LogP contribution in [0.2, 0.25) is 0 Å². The van der Waals surface area contributed by atoms with Crippen molar-refractivity contribution in [3.63, 3.8) is 0 Å². The lowest BCUT2D eigenvalue weighted by Gasteiger charge is -2.13. The monoisotopic (exact) mass is 317 g/mol. The van der Waals surface area contributed by atoms with Crippen LogP contribution < -0.4 is 10.5 Å². The molecule has 0 aliphatic rings. The van der Waals surface area contributed by atoms with E-state index >= 15 is 0 Å². The molecule has 0 saturated heterocycles. The summed E-state index contributed by atoms with van der Waals surface area (Å²) in [7, 11) is 0. The number of hydrogen-bond donors (Lipinski definition) is 1. The van der Waals surface area contributed by atoms with E-state index in [9.17, 15) is 0 Å². The summed E-state index contributed by atoms with van der Waals surface area (Å²) in [5.41, 5.74) is 7.95. The lowest BCUT2D eigenvalue weighted by molar-refractivity contribution is 0.267. The highest BCUT2D eigenvalue weighted by atomic mass is 35.5. The van der Waals surface area contributed by atoms with E-state index in [1.54, 1.807) is 0 Å². The van der Waals surface area contributed by atoms with Gasteiger partial charge in [-0.2, -0.15) is 0 Å². The number of halogens is 1. The van der Waals surface area contributed by atoms with Gasteiger partial charge in [-0.15, -0.1) is 19.0 Å². The van der Waals surface area contributed by atoms with E-state index in [1.807, 2.05) is 36.4 Å². The molecule has 2 aromatic rings. The third kappa shape index (κ3) is 5.55. The molecule has 2 nitrogen and oxygen atoms in total. The smallest absolute Gasteiger partial charge is 0.119 e. The highest BCUT2D eigenvalue weighted by Crippen LogP contribution is 2.22. The van der Waals surface area contributed by atoms with Crippen LogP contribution in [0.1, 0.15) is 12.8 Å². The number of ether oxygens (including phenoxy) is 1. The summed E-state index contributed by atoms with van der Waals surface area (Å²) in [5, 5.41) is 0. The number of hydrogen-bond acceptors (Lipinski definition) is 2. The van der Waals surface area contributed by atoms with Crippen molar-refractivity contribution in [1.82, 2.24) is 0 Å². The van der Waals surface area contributed by atoms with Gasteiger partial charge >= 0.3 is 0 Å². The lowest BCUT2D eigenvalue weighted by Crippen LogP contribution is -2.11. The maximum atomic E-state index is 5.83. The minimum atomic E-state index is 0. The average molecular weight is 318 g/mol. The van der Waals surface area contributed by atoms with E-state index in [0.29, 0.717) is 12.5 Å². The summed E-state index contributed by atoms with van der Waals surface area (Å²) in [4.78, 5) is 0. The normalized spacial score (nSPS) is 11.3. The van der Waals surface area contributed by atoms with Crippen molar-refractivity contribution >= 4 is 12.4 Å². The molecular weight excluding hydrogens is 294 g/mol. The van der Waals surface area contributed by atoms with E-state index in [1.165, 1.54) is 11.1 Å². The predicted octanol–water partition coefficient (Wildman–Crippen LogP) is 4.70. The second kappa shape index (κ2) is 10.0. The Morgan fingerprint density at radius 2 is 1.64 bits per heavy atom. The highest BCUT2D eigenvalue weighted by molar-refractivity contribution is 5.85. The van der Waals surface area contributed by atoms with Gasteiger partial charge in [0.15, 0.2) is 0 Å². The van der Waals surface area contributed by atoms with Gasteiger partial charge in [-0.25, -0.2) is 0 Å². The first kappa shape index (κ1) is 18.3. The van der Waals surface area contributed by atoms with Gasteiger partial charge in [0.05, 0.1) is 6.61 Å². The molecule has 0 radical (unpaired) electrons. The van der Waals surface area contributed by atoms with Crippen LogP contribution in [0.3, 0.4) is 0 Å². The largest absolute Gasteiger partial charge is 0.493 e.